The van der Waals surface area contributed by atoms with E-state index < -0.39 is 10.0 Å². The number of aromatic nitrogens is 1. The first-order valence-electron chi connectivity index (χ1n) is 11.4. The topological polar surface area (TPSA) is 79.4 Å². The van der Waals surface area contributed by atoms with Gasteiger partial charge in [-0.15, -0.1) is 11.8 Å². The van der Waals surface area contributed by atoms with Gasteiger partial charge in [0.15, 0.2) is 0 Å². The Labute approximate surface area is 205 Å². The van der Waals surface area contributed by atoms with Crippen molar-refractivity contribution in [2.75, 3.05) is 18.8 Å². The van der Waals surface area contributed by atoms with Gasteiger partial charge in [0.25, 0.3) is 5.91 Å². The third kappa shape index (κ3) is 6.25. The van der Waals surface area contributed by atoms with Crippen LogP contribution in [0.3, 0.4) is 0 Å². The fourth-order valence-corrected chi connectivity index (χ4v) is 6.04. The first-order chi connectivity index (χ1) is 16.4. The molecule has 178 valence electrons. The number of amides is 1. The summed E-state index contributed by atoms with van der Waals surface area (Å²) in [7, 11) is -3.66. The number of carbonyl (C=O) groups excluding carboxylic acids is 1. The van der Waals surface area contributed by atoms with Crippen molar-refractivity contribution in [1.82, 2.24) is 14.6 Å². The highest BCUT2D eigenvalue weighted by molar-refractivity contribution is 7.99. The molecule has 0 radical (unpaired) electrons. The zero-order chi connectivity index (χ0) is 24.0. The van der Waals surface area contributed by atoms with Gasteiger partial charge in [-0.25, -0.2) is 18.1 Å². The van der Waals surface area contributed by atoms with Crippen molar-refractivity contribution in [1.29, 1.82) is 0 Å². The molecule has 0 aliphatic carbocycles. The molecule has 0 saturated carbocycles. The number of hydrogen-bond donors (Lipinski definition) is 1. The summed E-state index contributed by atoms with van der Waals surface area (Å²) in [6.07, 6.45) is 4.35. The molecule has 1 saturated heterocycles. The number of nitrogens with one attached hydrogen (secondary N) is 1. The van der Waals surface area contributed by atoms with Crippen molar-refractivity contribution in [3.05, 3.63) is 89.6 Å². The largest absolute Gasteiger partial charge is 0.339 e. The zero-order valence-corrected chi connectivity index (χ0v) is 20.8. The molecule has 8 heteroatoms. The Hall–Kier alpha value is -2.68. The van der Waals surface area contributed by atoms with E-state index in [1.54, 1.807) is 42.2 Å². The Balaban J connectivity index is 1.40. The molecule has 1 N–H and O–H groups in total. The molecule has 0 bridgehead atoms. The number of pyridine rings is 1. The van der Waals surface area contributed by atoms with Crippen LogP contribution >= 0.6 is 11.8 Å². The van der Waals surface area contributed by atoms with E-state index in [1.807, 2.05) is 54.3 Å². The number of benzene rings is 2. The van der Waals surface area contributed by atoms with Crippen LogP contribution < -0.4 is 4.72 Å². The molecule has 1 atom stereocenters. The normalized spacial score (nSPS) is 14.8. The van der Waals surface area contributed by atoms with Crippen LogP contribution in [0.5, 0.6) is 0 Å². The number of carbonyl (C=O) groups is 1. The van der Waals surface area contributed by atoms with E-state index >= 15 is 0 Å². The number of thioether (sulfide) groups is 1. The van der Waals surface area contributed by atoms with Crippen molar-refractivity contribution in [2.45, 2.75) is 42.1 Å². The summed E-state index contributed by atoms with van der Waals surface area (Å²) in [6.45, 7) is 3.56. The standard InChI is InChI=1S/C26H29N3O3S2/c1-20-9-12-23(13-10-20)34(31,32)28-24(21-7-3-2-4-8-21)15-18-33-25-14-11-22(19-27-25)26(30)29-16-5-6-17-29/h2-4,7-14,19,24,28H,5-6,15-18H2,1H3. The van der Waals surface area contributed by atoms with Crippen LogP contribution in [0, 0.1) is 6.92 Å². The summed E-state index contributed by atoms with van der Waals surface area (Å²) in [5.74, 6) is 0.707. The van der Waals surface area contributed by atoms with Gasteiger partial charge in [0.2, 0.25) is 10.0 Å². The second-order valence-electron chi connectivity index (χ2n) is 8.42. The van der Waals surface area contributed by atoms with Gasteiger partial charge < -0.3 is 4.90 Å². The monoisotopic (exact) mass is 495 g/mol. The fourth-order valence-electron chi connectivity index (χ4n) is 3.93. The van der Waals surface area contributed by atoms with Gasteiger partial charge >= 0.3 is 0 Å². The summed E-state index contributed by atoms with van der Waals surface area (Å²) >= 11 is 1.55. The lowest BCUT2D eigenvalue weighted by molar-refractivity contribution is 0.0792. The lowest BCUT2D eigenvalue weighted by Gasteiger charge is -2.19. The molecule has 2 aromatic carbocycles. The first-order valence-corrected chi connectivity index (χ1v) is 13.9. The smallest absolute Gasteiger partial charge is 0.255 e. The van der Waals surface area contributed by atoms with Crippen LogP contribution in [0.4, 0.5) is 0 Å². The van der Waals surface area contributed by atoms with E-state index in [0.717, 1.165) is 42.1 Å². The van der Waals surface area contributed by atoms with E-state index in [1.165, 1.54) is 0 Å². The second kappa shape index (κ2) is 11.2. The second-order valence-corrected chi connectivity index (χ2v) is 11.2. The van der Waals surface area contributed by atoms with E-state index in [9.17, 15) is 13.2 Å². The molecule has 1 fully saturated rings. The number of nitrogens with zero attached hydrogens (tertiary/aromatic N) is 2. The van der Waals surface area contributed by atoms with Crippen molar-refractivity contribution in [3.8, 4) is 0 Å². The van der Waals surface area contributed by atoms with Gasteiger partial charge in [0.1, 0.15) is 0 Å². The number of hydrogen-bond acceptors (Lipinski definition) is 5. The van der Waals surface area contributed by atoms with Crippen molar-refractivity contribution < 1.29 is 13.2 Å². The molecule has 0 spiro atoms. The van der Waals surface area contributed by atoms with Gasteiger partial charge in [-0.2, -0.15) is 0 Å². The van der Waals surface area contributed by atoms with Crippen LogP contribution in [-0.2, 0) is 10.0 Å². The molecule has 2 heterocycles. The van der Waals surface area contributed by atoms with Gasteiger partial charge in [-0.1, -0.05) is 48.0 Å². The van der Waals surface area contributed by atoms with Gasteiger partial charge in [-0.05, 0) is 56.0 Å². The Kier molecular flexibility index (Phi) is 8.03. The Morgan fingerprint density at radius 2 is 1.74 bits per heavy atom. The van der Waals surface area contributed by atoms with Gasteiger partial charge in [0.05, 0.1) is 15.5 Å². The minimum Gasteiger partial charge on any atom is -0.339 e. The highest BCUT2D eigenvalue weighted by Crippen LogP contribution is 2.25. The molecular weight excluding hydrogens is 466 g/mol. The van der Waals surface area contributed by atoms with Crippen LogP contribution in [-0.4, -0.2) is 43.1 Å². The van der Waals surface area contributed by atoms with E-state index in [-0.39, 0.29) is 16.8 Å². The number of rotatable bonds is 9. The average Bonchev–Trinajstić information content (AvgIpc) is 3.39. The van der Waals surface area contributed by atoms with Gasteiger partial charge in [0, 0.05) is 31.1 Å². The third-order valence-corrected chi connectivity index (χ3v) is 8.33. The molecule has 1 unspecified atom stereocenters. The average molecular weight is 496 g/mol. The molecule has 34 heavy (non-hydrogen) atoms. The maximum Gasteiger partial charge on any atom is 0.255 e. The minimum absolute atomic E-state index is 0.0382. The molecular formula is C26H29N3O3S2. The number of likely N-dealkylation sites (tertiary alicyclic amines) is 1. The Morgan fingerprint density at radius 1 is 1.03 bits per heavy atom. The minimum atomic E-state index is -3.66. The van der Waals surface area contributed by atoms with E-state index in [2.05, 4.69) is 9.71 Å². The highest BCUT2D eigenvalue weighted by atomic mass is 32.2. The molecule has 3 aromatic rings. The Morgan fingerprint density at radius 3 is 2.38 bits per heavy atom. The van der Waals surface area contributed by atoms with Crippen LogP contribution in [0.2, 0.25) is 0 Å². The van der Waals surface area contributed by atoms with Crippen LogP contribution in [0.25, 0.3) is 0 Å². The summed E-state index contributed by atoms with van der Waals surface area (Å²) in [5.41, 5.74) is 2.54. The highest BCUT2D eigenvalue weighted by Gasteiger charge is 2.22. The lowest BCUT2D eigenvalue weighted by atomic mass is 10.1. The summed E-state index contributed by atoms with van der Waals surface area (Å²) in [5, 5.41) is 0.811. The van der Waals surface area contributed by atoms with E-state index in [0.29, 0.717) is 17.7 Å². The van der Waals surface area contributed by atoms with Crippen LogP contribution in [0.15, 0.2) is 82.8 Å². The summed E-state index contributed by atoms with van der Waals surface area (Å²) in [6, 6.07) is 19.8. The van der Waals surface area contributed by atoms with Crippen LogP contribution in [0.1, 0.15) is 46.8 Å². The molecule has 4 rings (SSSR count). The van der Waals surface area contributed by atoms with Gasteiger partial charge in [-0.3, -0.25) is 4.79 Å². The molecule has 1 amide bonds. The summed E-state index contributed by atoms with van der Waals surface area (Å²) < 4.78 is 28.9. The SMILES string of the molecule is Cc1ccc(S(=O)(=O)NC(CCSc2ccc(C(=O)N3CCCC3)cn2)c2ccccc2)cc1. The number of aryl methyl sites for hydroxylation is 1. The Bertz CT molecular complexity index is 1190. The third-order valence-electron chi connectivity index (χ3n) is 5.86. The maximum absolute atomic E-state index is 13.0. The predicted octanol–water partition coefficient (Wildman–Crippen LogP) is 4.83. The molecule has 1 aromatic heterocycles. The van der Waals surface area contributed by atoms with E-state index in [4.69, 9.17) is 0 Å². The molecule has 1 aliphatic heterocycles. The predicted molar refractivity (Wildman–Crippen MR) is 135 cm³/mol. The zero-order valence-electron chi connectivity index (χ0n) is 19.2. The molecule has 6 nitrogen and oxygen atoms in total. The van der Waals surface area contributed by atoms with Crippen molar-refractivity contribution in [2.24, 2.45) is 0 Å². The van der Waals surface area contributed by atoms with Crippen molar-refractivity contribution >= 4 is 27.7 Å². The fraction of sp³-hybridized carbons (Fsp3) is 0.308. The molecule has 1 aliphatic rings. The summed E-state index contributed by atoms with van der Waals surface area (Å²) in [4.78, 5) is 19.1. The number of sulfonamides is 1. The maximum atomic E-state index is 13.0. The quantitative estimate of drug-likeness (QED) is 0.430. The van der Waals surface area contributed by atoms with Crippen molar-refractivity contribution in [3.63, 3.8) is 0 Å². The first kappa shape index (κ1) is 24.4. The lowest BCUT2D eigenvalue weighted by Crippen LogP contribution is -2.29.